The lowest BCUT2D eigenvalue weighted by atomic mass is 10.0. The zero-order valence-corrected chi connectivity index (χ0v) is 12.6. The average Bonchev–Trinajstić information content (AvgIpc) is 3.02. The molecule has 4 heteroatoms. The molecule has 2 atom stereocenters. The first kappa shape index (κ1) is 15.3. The smallest absolute Gasteiger partial charge is 0.373 e. The zero-order valence-electron chi connectivity index (χ0n) is 12.6. The van der Waals surface area contributed by atoms with Crippen LogP contribution in [0.4, 0.5) is 0 Å². The highest BCUT2D eigenvalue weighted by Gasteiger charge is 2.16. The van der Waals surface area contributed by atoms with Gasteiger partial charge in [-0.25, -0.2) is 4.79 Å². The summed E-state index contributed by atoms with van der Waals surface area (Å²) in [5.74, 6) is 0.919. The Hall–Kier alpha value is -2.07. The van der Waals surface area contributed by atoms with Crippen LogP contribution in [0.2, 0.25) is 0 Å². The number of esters is 1. The maximum atomic E-state index is 11.4. The van der Waals surface area contributed by atoms with Crippen LogP contribution in [0.15, 0.2) is 46.9 Å². The number of rotatable bonds is 6. The normalized spacial score (nSPS) is 13.7. The Kier molecular flexibility index (Phi) is 5.17. The first-order chi connectivity index (χ1) is 10.1. The van der Waals surface area contributed by atoms with Gasteiger partial charge in [0.2, 0.25) is 5.76 Å². The minimum absolute atomic E-state index is 0.0366. The van der Waals surface area contributed by atoms with E-state index >= 15 is 0 Å². The summed E-state index contributed by atoms with van der Waals surface area (Å²) in [6, 6.07) is 13.8. The van der Waals surface area contributed by atoms with Gasteiger partial charge in [0.15, 0.2) is 0 Å². The number of hydrogen-bond acceptors (Lipinski definition) is 4. The van der Waals surface area contributed by atoms with Crippen molar-refractivity contribution in [1.82, 2.24) is 5.32 Å². The lowest BCUT2D eigenvalue weighted by Gasteiger charge is -2.16. The number of nitrogens with one attached hydrogen (secondary N) is 1. The number of carbonyl (C=O) groups is 1. The second-order valence-electron chi connectivity index (χ2n) is 5.14. The molecule has 4 nitrogen and oxygen atoms in total. The van der Waals surface area contributed by atoms with Crippen molar-refractivity contribution in [3.05, 3.63) is 59.5 Å². The molecule has 2 unspecified atom stereocenters. The minimum Gasteiger partial charge on any atom is -0.463 e. The lowest BCUT2D eigenvalue weighted by molar-refractivity contribution is 0.0562. The van der Waals surface area contributed by atoms with E-state index in [1.54, 1.807) is 12.1 Å². The molecule has 2 aromatic rings. The third kappa shape index (κ3) is 3.95. The Bertz CT molecular complexity index is 577. The van der Waals surface area contributed by atoms with E-state index in [0.29, 0.717) is 5.92 Å². The van der Waals surface area contributed by atoms with Crippen molar-refractivity contribution < 1.29 is 13.9 Å². The summed E-state index contributed by atoms with van der Waals surface area (Å²) in [7, 11) is 1.34. The molecule has 0 saturated carbocycles. The number of carbonyl (C=O) groups excluding carboxylic acids is 1. The molecule has 0 aliphatic rings. The first-order valence-corrected chi connectivity index (χ1v) is 7.08. The molecule has 0 saturated heterocycles. The molecule has 1 heterocycles. The summed E-state index contributed by atoms with van der Waals surface area (Å²) >= 11 is 0. The van der Waals surface area contributed by atoms with Crippen LogP contribution < -0.4 is 5.32 Å². The molecule has 1 N–H and O–H groups in total. The summed E-state index contributed by atoms with van der Waals surface area (Å²) in [5, 5.41) is 3.42. The number of methoxy groups -OCH3 is 1. The second-order valence-corrected chi connectivity index (χ2v) is 5.14. The molecule has 2 rings (SSSR count). The van der Waals surface area contributed by atoms with E-state index in [-0.39, 0.29) is 11.8 Å². The highest BCUT2D eigenvalue weighted by atomic mass is 16.5. The fraction of sp³-hybridized carbons (Fsp3) is 0.353. The molecular formula is C17H21NO3. The van der Waals surface area contributed by atoms with Gasteiger partial charge in [0, 0.05) is 6.54 Å². The van der Waals surface area contributed by atoms with Crippen molar-refractivity contribution >= 4 is 5.97 Å². The Morgan fingerprint density at radius 2 is 1.90 bits per heavy atom. The van der Waals surface area contributed by atoms with E-state index in [1.165, 1.54) is 12.7 Å². The van der Waals surface area contributed by atoms with Crippen LogP contribution in [0.1, 0.15) is 47.7 Å². The fourth-order valence-electron chi connectivity index (χ4n) is 2.15. The fourth-order valence-corrected chi connectivity index (χ4v) is 2.15. The summed E-state index contributed by atoms with van der Waals surface area (Å²) in [4.78, 5) is 11.4. The highest BCUT2D eigenvalue weighted by Crippen LogP contribution is 2.19. The minimum atomic E-state index is -0.453. The summed E-state index contributed by atoms with van der Waals surface area (Å²) in [6.45, 7) is 5.02. The van der Waals surface area contributed by atoms with E-state index in [2.05, 4.69) is 29.1 Å². The summed E-state index contributed by atoms with van der Waals surface area (Å²) in [6.07, 6.45) is 0. The topological polar surface area (TPSA) is 51.5 Å². The van der Waals surface area contributed by atoms with Gasteiger partial charge in [-0.05, 0) is 30.5 Å². The van der Waals surface area contributed by atoms with Crippen LogP contribution in [0, 0.1) is 0 Å². The van der Waals surface area contributed by atoms with E-state index in [0.717, 1.165) is 12.3 Å². The van der Waals surface area contributed by atoms with E-state index in [1.807, 2.05) is 25.1 Å². The van der Waals surface area contributed by atoms with Crippen molar-refractivity contribution in [1.29, 1.82) is 0 Å². The molecular weight excluding hydrogens is 266 g/mol. The van der Waals surface area contributed by atoms with Crippen LogP contribution in [0.3, 0.4) is 0 Å². The van der Waals surface area contributed by atoms with Crippen LogP contribution >= 0.6 is 0 Å². The molecule has 0 aliphatic carbocycles. The van der Waals surface area contributed by atoms with Crippen molar-refractivity contribution in [2.45, 2.75) is 25.8 Å². The quantitative estimate of drug-likeness (QED) is 0.826. The molecule has 0 radical (unpaired) electrons. The SMILES string of the molecule is COC(=O)c1ccc(C(C)NCC(C)c2ccccc2)o1. The van der Waals surface area contributed by atoms with Crippen LogP contribution in [0.25, 0.3) is 0 Å². The van der Waals surface area contributed by atoms with Gasteiger partial charge in [-0.15, -0.1) is 0 Å². The van der Waals surface area contributed by atoms with Gasteiger partial charge in [0.25, 0.3) is 0 Å². The summed E-state index contributed by atoms with van der Waals surface area (Å²) in [5.41, 5.74) is 1.30. The average molecular weight is 287 g/mol. The van der Waals surface area contributed by atoms with Crippen molar-refractivity contribution in [2.24, 2.45) is 0 Å². The van der Waals surface area contributed by atoms with Gasteiger partial charge >= 0.3 is 5.97 Å². The van der Waals surface area contributed by atoms with Gasteiger partial charge in [0.1, 0.15) is 5.76 Å². The van der Waals surface area contributed by atoms with Crippen molar-refractivity contribution in [3.63, 3.8) is 0 Å². The predicted octanol–water partition coefficient (Wildman–Crippen LogP) is 3.52. The largest absolute Gasteiger partial charge is 0.463 e. The number of hydrogen-bond donors (Lipinski definition) is 1. The number of furan rings is 1. The van der Waals surface area contributed by atoms with Crippen molar-refractivity contribution in [2.75, 3.05) is 13.7 Å². The molecule has 21 heavy (non-hydrogen) atoms. The Morgan fingerprint density at radius 3 is 2.57 bits per heavy atom. The molecule has 0 amide bonds. The van der Waals surface area contributed by atoms with Gasteiger partial charge in [0.05, 0.1) is 13.2 Å². The van der Waals surface area contributed by atoms with E-state index in [4.69, 9.17) is 4.42 Å². The third-order valence-electron chi connectivity index (χ3n) is 3.54. The lowest BCUT2D eigenvalue weighted by Crippen LogP contribution is -2.23. The van der Waals surface area contributed by atoms with Gasteiger partial charge in [-0.2, -0.15) is 0 Å². The van der Waals surface area contributed by atoms with Crippen molar-refractivity contribution in [3.8, 4) is 0 Å². The molecule has 0 spiro atoms. The molecule has 0 aliphatic heterocycles. The van der Waals surface area contributed by atoms with Gasteiger partial charge < -0.3 is 14.5 Å². The predicted molar refractivity (Wildman–Crippen MR) is 81.3 cm³/mol. The van der Waals surface area contributed by atoms with Crippen LogP contribution in [-0.2, 0) is 4.74 Å². The molecule has 1 aromatic heterocycles. The van der Waals surface area contributed by atoms with E-state index < -0.39 is 5.97 Å². The Morgan fingerprint density at radius 1 is 1.19 bits per heavy atom. The highest BCUT2D eigenvalue weighted by molar-refractivity contribution is 5.86. The number of ether oxygens (including phenoxy) is 1. The van der Waals surface area contributed by atoms with Crippen LogP contribution in [-0.4, -0.2) is 19.6 Å². The standard InChI is InChI=1S/C17H21NO3/c1-12(14-7-5-4-6-8-14)11-18-13(2)15-9-10-16(21-15)17(19)20-3/h4-10,12-13,18H,11H2,1-3H3. The monoisotopic (exact) mass is 287 g/mol. The maximum Gasteiger partial charge on any atom is 0.373 e. The number of benzene rings is 1. The maximum absolute atomic E-state index is 11.4. The molecule has 1 aromatic carbocycles. The molecule has 0 fully saturated rings. The van der Waals surface area contributed by atoms with Gasteiger partial charge in [-0.3, -0.25) is 0 Å². The Labute approximate surface area is 125 Å². The van der Waals surface area contributed by atoms with Crippen LogP contribution in [0.5, 0.6) is 0 Å². The zero-order chi connectivity index (χ0) is 15.2. The molecule has 112 valence electrons. The Balaban J connectivity index is 1.91. The van der Waals surface area contributed by atoms with Gasteiger partial charge in [-0.1, -0.05) is 37.3 Å². The first-order valence-electron chi connectivity index (χ1n) is 7.08. The third-order valence-corrected chi connectivity index (χ3v) is 3.54. The summed E-state index contributed by atoms with van der Waals surface area (Å²) < 4.78 is 10.1. The van der Waals surface area contributed by atoms with E-state index in [9.17, 15) is 4.79 Å². The second kappa shape index (κ2) is 7.09. The molecule has 0 bridgehead atoms.